The third kappa shape index (κ3) is 1.52. The van der Waals surface area contributed by atoms with E-state index in [-0.39, 0.29) is 5.75 Å². The Morgan fingerprint density at radius 2 is 2.30 bits per heavy atom. The van der Waals surface area contributed by atoms with Crippen LogP contribution in [0.5, 0.6) is 0 Å². The molecule has 4 nitrogen and oxygen atoms in total. The summed E-state index contributed by atoms with van der Waals surface area (Å²) in [5, 5.41) is 1.07. The molecule has 0 amide bonds. The molecule has 0 aromatic carbocycles. The molecule has 1 unspecified atom stereocenters. The number of isocyanates is 1. The average Bonchev–Trinajstić information content (AvgIpc) is 2.12. The highest BCUT2D eigenvalue weighted by molar-refractivity contribution is 7.94. The molecule has 0 aliphatic carbocycles. The molecular weight excluding hydrogens is 154 g/mol. The highest BCUT2D eigenvalue weighted by Crippen LogP contribution is 2.09. The van der Waals surface area contributed by atoms with Gasteiger partial charge < -0.3 is 0 Å². The van der Waals surface area contributed by atoms with Crippen LogP contribution in [0.25, 0.3) is 0 Å². The second-order valence-corrected chi connectivity index (χ2v) is 3.88. The number of aliphatic imine (C=N–C) groups is 1. The lowest BCUT2D eigenvalue weighted by atomic mass is 10.4. The van der Waals surface area contributed by atoms with Crippen LogP contribution in [0.15, 0.2) is 16.5 Å². The van der Waals surface area contributed by atoms with Crippen LogP contribution in [0.1, 0.15) is 0 Å². The Labute approximate surface area is 58.2 Å². The molecule has 0 radical (unpaired) electrons. The molecule has 1 aliphatic heterocycles. The van der Waals surface area contributed by atoms with Crippen molar-refractivity contribution in [2.24, 2.45) is 4.99 Å². The van der Waals surface area contributed by atoms with Crippen LogP contribution in [-0.2, 0) is 14.6 Å². The molecular formula is C5H5NO3S. The summed E-state index contributed by atoms with van der Waals surface area (Å²) >= 11 is 0. The van der Waals surface area contributed by atoms with Crippen molar-refractivity contribution in [3.8, 4) is 0 Å². The molecule has 1 aliphatic rings. The minimum atomic E-state index is -3.07. The maximum Gasteiger partial charge on any atom is 0.235 e. The van der Waals surface area contributed by atoms with Crippen molar-refractivity contribution in [1.82, 2.24) is 0 Å². The van der Waals surface area contributed by atoms with E-state index in [1.54, 1.807) is 0 Å². The molecule has 0 saturated carbocycles. The Bertz CT molecular complexity index is 297. The summed E-state index contributed by atoms with van der Waals surface area (Å²) in [7, 11) is -3.07. The predicted molar refractivity (Wildman–Crippen MR) is 34.8 cm³/mol. The van der Waals surface area contributed by atoms with Crippen molar-refractivity contribution in [3.05, 3.63) is 11.5 Å². The third-order valence-corrected chi connectivity index (χ3v) is 2.51. The molecule has 10 heavy (non-hydrogen) atoms. The minimum absolute atomic E-state index is 0.0950. The second-order valence-electron chi connectivity index (χ2n) is 1.95. The maximum absolute atomic E-state index is 10.6. The number of sulfone groups is 1. The lowest BCUT2D eigenvalue weighted by Gasteiger charge is -1.91. The molecule has 0 spiro atoms. The molecule has 0 saturated heterocycles. The van der Waals surface area contributed by atoms with Crippen molar-refractivity contribution >= 4 is 15.9 Å². The van der Waals surface area contributed by atoms with Gasteiger partial charge in [0.05, 0.1) is 11.8 Å². The molecule has 1 atom stereocenters. The minimum Gasteiger partial charge on any atom is -0.224 e. The van der Waals surface area contributed by atoms with Crippen LogP contribution in [0.2, 0.25) is 0 Å². The molecule has 0 N–H and O–H groups in total. The van der Waals surface area contributed by atoms with Crippen molar-refractivity contribution in [2.75, 3.05) is 5.75 Å². The largest absolute Gasteiger partial charge is 0.235 e. The van der Waals surface area contributed by atoms with E-state index in [2.05, 4.69) is 4.99 Å². The third-order valence-electron chi connectivity index (χ3n) is 1.13. The Morgan fingerprint density at radius 3 is 2.70 bits per heavy atom. The Balaban J connectivity index is 2.81. The Hall–Kier alpha value is -0.930. The quantitative estimate of drug-likeness (QED) is 0.387. The lowest BCUT2D eigenvalue weighted by molar-refractivity contribution is 0.561. The van der Waals surface area contributed by atoms with Gasteiger partial charge in [-0.05, 0) is 6.08 Å². The maximum atomic E-state index is 10.6. The molecule has 54 valence electrons. The van der Waals surface area contributed by atoms with E-state index in [4.69, 9.17) is 0 Å². The van der Waals surface area contributed by atoms with Gasteiger partial charge in [0.2, 0.25) is 6.08 Å². The number of rotatable bonds is 1. The van der Waals surface area contributed by atoms with Gasteiger partial charge in [0.1, 0.15) is 0 Å². The van der Waals surface area contributed by atoms with Crippen molar-refractivity contribution in [3.63, 3.8) is 0 Å². The van der Waals surface area contributed by atoms with Gasteiger partial charge in [-0.3, -0.25) is 0 Å². The highest BCUT2D eigenvalue weighted by Gasteiger charge is 2.20. The molecule has 0 aromatic rings. The summed E-state index contributed by atoms with van der Waals surface area (Å²) in [5.41, 5.74) is 0. The van der Waals surface area contributed by atoms with Crippen LogP contribution in [0, 0.1) is 0 Å². The van der Waals surface area contributed by atoms with Gasteiger partial charge in [-0.15, -0.1) is 0 Å². The standard InChI is InChI=1S/C5H5NO3S/c7-4-6-5-1-2-10(8,9)3-5/h1-2,5H,3H2. The van der Waals surface area contributed by atoms with Gasteiger partial charge in [0, 0.05) is 5.41 Å². The van der Waals surface area contributed by atoms with Crippen molar-refractivity contribution in [1.29, 1.82) is 0 Å². The number of hydrogen-bond donors (Lipinski definition) is 0. The van der Waals surface area contributed by atoms with E-state index in [0.29, 0.717) is 0 Å². The summed E-state index contributed by atoms with van der Waals surface area (Å²) in [6.45, 7) is 0. The van der Waals surface area contributed by atoms with E-state index in [0.717, 1.165) is 5.41 Å². The second kappa shape index (κ2) is 2.36. The summed E-state index contributed by atoms with van der Waals surface area (Å²) in [4.78, 5) is 12.9. The summed E-state index contributed by atoms with van der Waals surface area (Å²) in [6.07, 6.45) is 2.68. The normalized spacial score (nSPS) is 27.8. The van der Waals surface area contributed by atoms with Crippen LogP contribution in [-0.4, -0.2) is 26.3 Å². The number of nitrogens with zero attached hydrogens (tertiary/aromatic N) is 1. The van der Waals surface area contributed by atoms with Crippen molar-refractivity contribution in [2.45, 2.75) is 6.04 Å². The van der Waals surface area contributed by atoms with Gasteiger partial charge >= 0.3 is 0 Å². The molecule has 0 bridgehead atoms. The van der Waals surface area contributed by atoms with E-state index < -0.39 is 15.9 Å². The summed E-state index contributed by atoms with van der Waals surface area (Å²) < 4.78 is 21.3. The zero-order valence-electron chi connectivity index (χ0n) is 5.02. The van der Waals surface area contributed by atoms with Crippen LogP contribution in [0.3, 0.4) is 0 Å². The van der Waals surface area contributed by atoms with Crippen LogP contribution in [0.4, 0.5) is 0 Å². The highest BCUT2D eigenvalue weighted by atomic mass is 32.2. The first-order chi connectivity index (χ1) is 4.64. The first-order valence-corrected chi connectivity index (χ1v) is 4.33. The van der Waals surface area contributed by atoms with E-state index in [9.17, 15) is 13.2 Å². The monoisotopic (exact) mass is 159 g/mol. The molecule has 5 heteroatoms. The predicted octanol–water partition coefficient (Wildman–Crippen LogP) is -0.367. The van der Waals surface area contributed by atoms with Crippen LogP contribution >= 0.6 is 0 Å². The molecule has 0 fully saturated rings. The number of carbonyl (C=O) groups excluding carboxylic acids is 1. The average molecular weight is 159 g/mol. The van der Waals surface area contributed by atoms with Gasteiger partial charge in [0.15, 0.2) is 9.84 Å². The van der Waals surface area contributed by atoms with Crippen LogP contribution < -0.4 is 0 Å². The fourth-order valence-corrected chi connectivity index (χ4v) is 1.90. The smallest absolute Gasteiger partial charge is 0.224 e. The fraction of sp³-hybridized carbons (Fsp3) is 0.400. The molecule has 0 aromatic heterocycles. The van der Waals surface area contributed by atoms with E-state index in [1.807, 2.05) is 0 Å². The zero-order chi connectivity index (χ0) is 7.61. The zero-order valence-corrected chi connectivity index (χ0v) is 5.84. The van der Waals surface area contributed by atoms with Crippen molar-refractivity contribution < 1.29 is 13.2 Å². The molecule has 1 heterocycles. The lowest BCUT2D eigenvalue weighted by Crippen LogP contribution is -2.07. The SMILES string of the molecule is O=C=NC1C=CS(=O)(=O)C1. The van der Waals surface area contributed by atoms with E-state index >= 15 is 0 Å². The summed E-state index contributed by atoms with van der Waals surface area (Å²) in [5.74, 6) is -0.0950. The van der Waals surface area contributed by atoms with Gasteiger partial charge in [-0.25, -0.2) is 13.2 Å². The fourth-order valence-electron chi connectivity index (χ4n) is 0.708. The van der Waals surface area contributed by atoms with Gasteiger partial charge in [0.25, 0.3) is 0 Å². The summed E-state index contributed by atoms with van der Waals surface area (Å²) in [6, 6.07) is -0.512. The van der Waals surface area contributed by atoms with E-state index in [1.165, 1.54) is 12.2 Å². The topological polar surface area (TPSA) is 63.6 Å². The van der Waals surface area contributed by atoms with Gasteiger partial charge in [-0.1, -0.05) is 0 Å². The first kappa shape index (κ1) is 7.18. The number of hydrogen-bond acceptors (Lipinski definition) is 4. The van der Waals surface area contributed by atoms with Gasteiger partial charge in [-0.2, -0.15) is 4.99 Å². The Morgan fingerprint density at radius 1 is 1.60 bits per heavy atom. The Kier molecular flexibility index (Phi) is 1.70. The molecule has 1 rings (SSSR count). The first-order valence-electron chi connectivity index (χ1n) is 2.62.